The summed E-state index contributed by atoms with van der Waals surface area (Å²) >= 11 is 0. The van der Waals surface area contributed by atoms with E-state index in [4.69, 9.17) is 0 Å². The van der Waals surface area contributed by atoms with Gasteiger partial charge in [-0.1, -0.05) is 19.9 Å². The van der Waals surface area contributed by atoms with Gasteiger partial charge in [0.1, 0.15) is 0 Å². The van der Waals surface area contributed by atoms with Crippen molar-refractivity contribution in [3.63, 3.8) is 0 Å². The zero-order valence-electron chi connectivity index (χ0n) is 10.7. The molecular formula is C12H26Cl2N2. The summed E-state index contributed by atoms with van der Waals surface area (Å²) in [4.78, 5) is 2.57. The first-order valence-corrected chi connectivity index (χ1v) is 5.72. The molecule has 1 aliphatic heterocycles. The third-order valence-electron chi connectivity index (χ3n) is 3.49. The highest BCUT2D eigenvalue weighted by Gasteiger charge is 2.35. The Bertz CT molecular complexity index is 191. The second-order valence-electron chi connectivity index (χ2n) is 4.67. The molecule has 0 bridgehead atoms. The third kappa shape index (κ3) is 4.25. The molecule has 0 aliphatic carbocycles. The summed E-state index contributed by atoms with van der Waals surface area (Å²) in [6.07, 6.45) is 4.63. The van der Waals surface area contributed by atoms with Crippen LogP contribution in [-0.2, 0) is 0 Å². The number of nitrogens with one attached hydrogen (secondary N) is 1. The van der Waals surface area contributed by atoms with Crippen LogP contribution in [0.15, 0.2) is 12.7 Å². The normalized spacial score (nSPS) is 19.8. The SMILES string of the molecule is C=CCN[C@](C)(C(C)C)N1CCCC1.Cl.Cl. The highest BCUT2D eigenvalue weighted by atomic mass is 35.5. The number of rotatable bonds is 5. The van der Waals surface area contributed by atoms with Crippen LogP contribution in [0, 0.1) is 5.92 Å². The fourth-order valence-corrected chi connectivity index (χ4v) is 2.14. The lowest BCUT2D eigenvalue weighted by atomic mass is 9.96. The van der Waals surface area contributed by atoms with Crippen molar-refractivity contribution in [2.45, 2.75) is 39.3 Å². The molecule has 0 unspecified atom stereocenters. The summed E-state index contributed by atoms with van der Waals surface area (Å²) in [5.74, 6) is 0.626. The summed E-state index contributed by atoms with van der Waals surface area (Å²) < 4.78 is 0. The molecule has 0 aromatic heterocycles. The van der Waals surface area contributed by atoms with E-state index < -0.39 is 0 Å². The lowest BCUT2D eigenvalue weighted by Gasteiger charge is -2.43. The van der Waals surface area contributed by atoms with Gasteiger partial charge in [0.05, 0.1) is 5.66 Å². The topological polar surface area (TPSA) is 15.3 Å². The highest BCUT2D eigenvalue weighted by Crippen LogP contribution is 2.25. The maximum Gasteiger partial charge on any atom is 0.0709 e. The smallest absolute Gasteiger partial charge is 0.0709 e. The van der Waals surface area contributed by atoms with Gasteiger partial charge in [-0.2, -0.15) is 0 Å². The molecule has 0 spiro atoms. The van der Waals surface area contributed by atoms with E-state index in [2.05, 4.69) is 37.6 Å². The fourth-order valence-electron chi connectivity index (χ4n) is 2.14. The van der Waals surface area contributed by atoms with Gasteiger partial charge >= 0.3 is 0 Å². The van der Waals surface area contributed by atoms with E-state index in [1.807, 2.05) is 6.08 Å². The summed E-state index contributed by atoms with van der Waals surface area (Å²) in [6.45, 7) is 14.0. The fraction of sp³-hybridized carbons (Fsp3) is 0.833. The Labute approximate surface area is 113 Å². The van der Waals surface area contributed by atoms with Gasteiger partial charge in [0.15, 0.2) is 0 Å². The summed E-state index contributed by atoms with van der Waals surface area (Å²) in [5.41, 5.74) is 0.144. The molecule has 1 N–H and O–H groups in total. The van der Waals surface area contributed by atoms with Crippen molar-refractivity contribution in [3.05, 3.63) is 12.7 Å². The minimum Gasteiger partial charge on any atom is -0.296 e. The standard InChI is InChI=1S/C12H24N2.2ClH/c1-5-8-13-12(4,11(2)3)14-9-6-7-10-14;;/h5,11,13H,1,6-10H2,2-4H3;2*1H/t12-;;/m0../s1. The maximum atomic E-state index is 3.77. The van der Waals surface area contributed by atoms with Gasteiger partial charge in [0.2, 0.25) is 0 Å². The molecule has 1 heterocycles. The average Bonchev–Trinajstić information content (AvgIpc) is 2.66. The van der Waals surface area contributed by atoms with Crippen molar-refractivity contribution in [2.24, 2.45) is 5.92 Å². The van der Waals surface area contributed by atoms with Gasteiger partial charge in [-0.25, -0.2) is 0 Å². The summed E-state index contributed by atoms with van der Waals surface area (Å²) in [5, 5.41) is 3.60. The van der Waals surface area contributed by atoms with Crippen molar-refractivity contribution in [1.29, 1.82) is 0 Å². The molecule has 1 atom stereocenters. The van der Waals surface area contributed by atoms with Crippen molar-refractivity contribution in [2.75, 3.05) is 19.6 Å². The first kappa shape index (κ1) is 18.6. The zero-order chi connectivity index (χ0) is 10.6. The number of nitrogens with zero attached hydrogens (tertiary/aromatic N) is 1. The molecule has 0 saturated carbocycles. The van der Waals surface area contributed by atoms with E-state index in [-0.39, 0.29) is 30.5 Å². The molecule has 4 heteroatoms. The predicted octanol–water partition coefficient (Wildman–Crippen LogP) is 3.07. The molecule has 2 nitrogen and oxygen atoms in total. The predicted molar refractivity (Wildman–Crippen MR) is 76.7 cm³/mol. The minimum atomic E-state index is 0. The molecule has 0 radical (unpaired) electrons. The van der Waals surface area contributed by atoms with E-state index in [1.165, 1.54) is 25.9 Å². The Morgan fingerprint density at radius 3 is 2.19 bits per heavy atom. The molecule has 1 aliphatic rings. The van der Waals surface area contributed by atoms with Crippen molar-refractivity contribution >= 4 is 24.8 Å². The lowest BCUT2D eigenvalue weighted by Crippen LogP contribution is -2.59. The first-order valence-electron chi connectivity index (χ1n) is 5.72. The molecule has 0 amide bonds. The third-order valence-corrected chi connectivity index (χ3v) is 3.49. The maximum absolute atomic E-state index is 3.77. The van der Waals surface area contributed by atoms with Gasteiger partial charge in [-0.3, -0.25) is 10.2 Å². The zero-order valence-corrected chi connectivity index (χ0v) is 12.3. The van der Waals surface area contributed by atoms with Crippen LogP contribution >= 0.6 is 24.8 Å². The summed E-state index contributed by atoms with van der Waals surface area (Å²) in [7, 11) is 0. The van der Waals surface area contributed by atoms with Crippen LogP contribution in [0.2, 0.25) is 0 Å². The highest BCUT2D eigenvalue weighted by molar-refractivity contribution is 5.85. The Balaban J connectivity index is 0. The Morgan fingerprint density at radius 1 is 1.31 bits per heavy atom. The van der Waals surface area contributed by atoms with Crippen molar-refractivity contribution in [1.82, 2.24) is 10.2 Å². The molecular weight excluding hydrogens is 243 g/mol. The molecule has 98 valence electrons. The largest absolute Gasteiger partial charge is 0.296 e. The van der Waals surface area contributed by atoms with Crippen LogP contribution in [0.4, 0.5) is 0 Å². The first-order chi connectivity index (χ1) is 6.61. The van der Waals surface area contributed by atoms with Crippen LogP contribution in [0.5, 0.6) is 0 Å². The number of halogens is 2. The molecule has 16 heavy (non-hydrogen) atoms. The van der Waals surface area contributed by atoms with E-state index in [1.54, 1.807) is 0 Å². The molecule has 1 saturated heterocycles. The molecule has 0 aromatic carbocycles. The van der Waals surface area contributed by atoms with Crippen molar-refractivity contribution < 1.29 is 0 Å². The van der Waals surface area contributed by atoms with Crippen LogP contribution < -0.4 is 5.32 Å². The van der Waals surface area contributed by atoms with E-state index in [0.29, 0.717) is 5.92 Å². The van der Waals surface area contributed by atoms with Crippen LogP contribution in [0.3, 0.4) is 0 Å². The Morgan fingerprint density at radius 2 is 1.81 bits per heavy atom. The van der Waals surface area contributed by atoms with Gasteiger partial charge in [0, 0.05) is 6.54 Å². The minimum absolute atomic E-state index is 0. The van der Waals surface area contributed by atoms with Crippen molar-refractivity contribution in [3.8, 4) is 0 Å². The average molecular weight is 269 g/mol. The Kier molecular flexibility index (Phi) is 9.71. The van der Waals surface area contributed by atoms with Crippen LogP contribution in [0.1, 0.15) is 33.6 Å². The quantitative estimate of drug-likeness (QED) is 0.772. The van der Waals surface area contributed by atoms with Gasteiger partial charge in [-0.15, -0.1) is 31.4 Å². The van der Waals surface area contributed by atoms with E-state index in [0.717, 1.165) is 6.54 Å². The second-order valence-corrected chi connectivity index (χ2v) is 4.67. The van der Waals surface area contributed by atoms with Gasteiger partial charge in [-0.05, 0) is 38.8 Å². The number of likely N-dealkylation sites (tertiary alicyclic amines) is 1. The summed E-state index contributed by atoms with van der Waals surface area (Å²) in [6, 6.07) is 0. The monoisotopic (exact) mass is 268 g/mol. The molecule has 0 aromatic rings. The molecule has 1 rings (SSSR count). The van der Waals surface area contributed by atoms with E-state index >= 15 is 0 Å². The van der Waals surface area contributed by atoms with Crippen LogP contribution in [-0.4, -0.2) is 30.2 Å². The number of hydrogen-bond donors (Lipinski definition) is 1. The molecule has 1 fully saturated rings. The van der Waals surface area contributed by atoms with Gasteiger partial charge < -0.3 is 0 Å². The number of hydrogen-bond acceptors (Lipinski definition) is 2. The lowest BCUT2D eigenvalue weighted by molar-refractivity contribution is 0.0536. The van der Waals surface area contributed by atoms with E-state index in [9.17, 15) is 0 Å². The van der Waals surface area contributed by atoms with Gasteiger partial charge in [0.25, 0.3) is 0 Å². The van der Waals surface area contributed by atoms with Crippen LogP contribution in [0.25, 0.3) is 0 Å². The second kappa shape index (κ2) is 8.35. The Hall–Kier alpha value is 0.240.